The van der Waals surface area contributed by atoms with Crippen LogP contribution in [0.25, 0.3) is 0 Å². The standard InChI is InChI=1S/C48H84NO10P/c1-3-5-7-9-11-13-15-17-18-19-20-21-22-23-24-25-26-28-30-32-34-36-38-40-47(52)57-41-44(50)42-58-60(55,56)59-43-45(48(53)54)49-46(51)39-37-35-33-31-29-27-16-14-12-10-8-6-4-2/h6,8,11-14,17-18,27,29,44-45,50H,3-5,7,9-10,15-16,19-26,28,30-43H2,1-2H3,(H,49,51)(H,53,54)(H,55,56)/b8-6-,13-11-,14-12-,18-17-,29-27-. The molecule has 0 aliphatic heterocycles. The molecule has 12 heteroatoms. The molecule has 4 N–H and O–H groups in total. The van der Waals surface area contributed by atoms with Crippen molar-refractivity contribution in [2.45, 2.75) is 206 Å². The zero-order chi connectivity index (χ0) is 44.2. The third kappa shape index (κ3) is 41.9. The molecule has 0 bridgehead atoms. The fraction of sp³-hybridized carbons (Fsp3) is 0.729. The van der Waals surface area contributed by atoms with E-state index in [0.717, 1.165) is 64.2 Å². The second kappa shape index (κ2) is 42.9. The summed E-state index contributed by atoms with van der Waals surface area (Å²) in [5.74, 6) is -2.42. The number of esters is 1. The minimum absolute atomic E-state index is 0.108. The summed E-state index contributed by atoms with van der Waals surface area (Å²) in [6, 6.07) is -1.56. The molecule has 3 unspecified atom stereocenters. The first-order valence-electron chi connectivity index (χ1n) is 23.3. The molecule has 0 spiro atoms. The number of allylic oxidation sites excluding steroid dienone is 10. The van der Waals surface area contributed by atoms with E-state index in [4.69, 9.17) is 13.8 Å². The first-order valence-corrected chi connectivity index (χ1v) is 24.8. The molecule has 0 radical (unpaired) electrons. The SMILES string of the molecule is CC/C=C\C/C=C\C/C=C\CCCCCC(=O)NC(COP(=O)(O)OCC(O)COC(=O)CCCCCCCCCCCCCCC/C=C\C/C=C\CCCCC)C(=O)O. The van der Waals surface area contributed by atoms with E-state index in [1.807, 2.05) is 0 Å². The molecule has 0 aliphatic carbocycles. The molecular weight excluding hydrogens is 781 g/mol. The van der Waals surface area contributed by atoms with Crippen molar-refractivity contribution in [3.05, 3.63) is 60.8 Å². The number of rotatable bonds is 43. The number of unbranched alkanes of at least 4 members (excludes halogenated alkanes) is 19. The minimum Gasteiger partial charge on any atom is -0.480 e. The number of ether oxygens (including phenoxy) is 1. The number of carboxylic acid groups (broad SMARTS) is 1. The first kappa shape index (κ1) is 57.2. The molecule has 0 rings (SSSR count). The number of aliphatic hydroxyl groups is 1. The molecule has 0 aromatic carbocycles. The van der Waals surface area contributed by atoms with Crippen LogP contribution in [-0.2, 0) is 32.7 Å². The summed E-state index contributed by atoms with van der Waals surface area (Å²) < 4.78 is 26.8. The molecule has 60 heavy (non-hydrogen) atoms. The third-order valence-corrected chi connectivity index (χ3v) is 10.7. The van der Waals surface area contributed by atoms with E-state index in [9.17, 15) is 34.1 Å². The van der Waals surface area contributed by atoms with E-state index >= 15 is 0 Å². The van der Waals surface area contributed by atoms with Crippen LogP contribution in [0.5, 0.6) is 0 Å². The summed E-state index contributed by atoms with van der Waals surface area (Å²) in [5, 5.41) is 21.8. The van der Waals surface area contributed by atoms with Gasteiger partial charge >= 0.3 is 19.8 Å². The Morgan fingerprint density at radius 3 is 1.47 bits per heavy atom. The Hall–Kier alpha value is -2.82. The summed E-state index contributed by atoms with van der Waals surface area (Å²) >= 11 is 0. The summed E-state index contributed by atoms with van der Waals surface area (Å²) in [5.41, 5.74) is 0. The number of aliphatic hydroxyl groups excluding tert-OH is 1. The second-order valence-corrected chi connectivity index (χ2v) is 17.0. The van der Waals surface area contributed by atoms with Crippen LogP contribution < -0.4 is 5.32 Å². The van der Waals surface area contributed by atoms with E-state index in [2.05, 4.69) is 79.9 Å². The van der Waals surface area contributed by atoms with E-state index in [-0.39, 0.29) is 12.8 Å². The molecule has 0 saturated heterocycles. The van der Waals surface area contributed by atoms with Gasteiger partial charge in [-0.3, -0.25) is 18.6 Å². The highest BCUT2D eigenvalue weighted by atomic mass is 31.2. The topological polar surface area (TPSA) is 169 Å². The van der Waals surface area contributed by atoms with Crippen molar-refractivity contribution < 1.29 is 47.8 Å². The van der Waals surface area contributed by atoms with Crippen LogP contribution >= 0.6 is 7.82 Å². The maximum atomic E-state index is 12.3. The average Bonchev–Trinajstić information content (AvgIpc) is 3.22. The number of carbonyl (C=O) groups excluding carboxylic acids is 2. The minimum atomic E-state index is -4.77. The Morgan fingerprint density at radius 2 is 0.967 bits per heavy atom. The van der Waals surface area contributed by atoms with Gasteiger partial charge in [-0.1, -0.05) is 164 Å². The van der Waals surface area contributed by atoms with Crippen molar-refractivity contribution >= 4 is 25.7 Å². The number of hydrogen-bond acceptors (Lipinski definition) is 8. The highest BCUT2D eigenvalue weighted by Crippen LogP contribution is 2.43. The van der Waals surface area contributed by atoms with E-state index < -0.39 is 57.6 Å². The van der Waals surface area contributed by atoms with Gasteiger partial charge in [0.1, 0.15) is 12.7 Å². The van der Waals surface area contributed by atoms with Gasteiger partial charge in [0.25, 0.3) is 0 Å². The predicted octanol–water partition coefficient (Wildman–Crippen LogP) is 12.3. The highest BCUT2D eigenvalue weighted by molar-refractivity contribution is 7.47. The number of carbonyl (C=O) groups is 3. The van der Waals surface area contributed by atoms with Crippen LogP contribution in [0.3, 0.4) is 0 Å². The lowest BCUT2D eigenvalue weighted by Gasteiger charge is -2.18. The van der Waals surface area contributed by atoms with Gasteiger partial charge < -0.3 is 25.2 Å². The molecule has 0 saturated carbocycles. The molecule has 11 nitrogen and oxygen atoms in total. The van der Waals surface area contributed by atoms with Gasteiger partial charge in [-0.2, -0.15) is 0 Å². The quantitative estimate of drug-likeness (QED) is 0.0200. The zero-order valence-corrected chi connectivity index (χ0v) is 38.4. The molecule has 346 valence electrons. The van der Waals surface area contributed by atoms with Crippen LogP contribution in [0.4, 0.5) is 0 Å². The molecule has 0 fully saturated rings. The lowest BCUT2D eigenvalue weighted by molar-refractivity contribution is -0.147. The Balaban J connectivity index is 3.84. The van der Waals surface area contributed by atoms with Crippen molar-refractivity contribution in [3.63, 3.8) is 0 Å². The number of hydrogen-bond donors (Lipinski definition) is 4. The van der Waals surface area contributed by atoms with Gasteiger partial charge in [0.05, 0.1) is 13.2 Å². The second-order valence-electron chi connectivity index (χ2n) is 15.6. The Kier molecular flexibility index (Phi) is 40.8. The number of amides is 1. The smallest absolute Gasteiger partial charge is 0.472 e. The van der Waals surface area contributed by atoms with E-state index in [1.54, 1.807) is 0 Å². The summed E-state index contributed by atoms with van der Waals surface area (Å²) in [7, 11) is -4.77. The average molecular weight is 866 g/mol. The number of carboxylic acids is 1. The summed E-state index contributed by atoms with van der Waals surface area (Å²) in [4.78, 5) is 45.9. The van der Waals surface area contributed by atoms with Gasteiger partial charge in [-0.05, 0) is 77.0 Å². The van der Waals surface area contributed by atoms with Crippen LogP contribution in [-0.4, -0.2) is 64.9 Å². The maximum absolute atomic E-state index is 12.3. The highest BCUT2D eigenvalue weighted by Gasteiger charge is 2.28. The summed E-state index contributed by atoms with van der Waals surface area (Å²) in [6.45, 7) is 2.43. The fourth-order valence-electron chi connectivity index (χ4n) is 6.18. The molecule has 0 aromatic heterocycles. The fourth-order valence-corrected chi connectivity index (χ4v) is 6.96. The third-order valence-electron chi connectivity index (χ3n) is 9.79. The van der Waals surface area contributed by atoms with Crippen LogP contribution in [0.1, 0.15) is 194 Å². The van der Waals surface area contributed by atoms with Gasteiger partial charge in [0.2, 0.25) is 5.91 Å². The van der Waals surface area contributed by atoms with Crippen molar-refractivity contribution in [1.82, 2.24) is 5.32 Å². The lowest BCUT2D eigenvalue weighted by atomic mass is 10.0. The summed E-state index contributed by atoms with van der Waals surface area (Å²) in [6.07, 6.45) is 49.7. The van der Waals surface area contributed by atoms with Gasteiger partial charge in [-0.15, -0.1) is 0 Å². The molecule has 1 amide bonds. The Morgan fingerprint density at radius 1 is 0.550 bits per heavy atom. The van der Waals surface area contributed by atoms with E-state index in [0.29, 0.717) is 12.8 Å². The number of aliphatic carboxylic acids is 1. The van der Waals surface area contributed by atoms with Gasteiger partial charge in [-0.25, -0.2) is 9.36 Å². The Labute approximate surface area is 364 Å². The molecular formula is C48H84NO10P. The van der Waals surface area contributed by atoms with Gasteiger partial charge in [0, 0.05) is 12.8 Å². The largest absolute Gasteiger partial charge is 0.480 e. The van der Waals surface area contributed by atoms with E-state index in [1.165, 1.54) is 89.9 Å². The maximum Gasteiger partial charge on any atom is 0.472 e. The number of phosphoric ester groups is 1. The first-order chi connectivity index (χ1) is 29.1. The zero-order valence-electron chi connectivity index (χ0n) is 37.5. The van der Waals surface area contributed by atoms with Crippen molar-refractivity contribution in [2.24, 2.45) is 0 Å². The molecule has 0 heterocycles. The molecule has 3 atom stereocenters. The predicted molar refractivity (Wildman–Crippen MR) is 245 cm³/mol. The van der Waals surface area contributed by atoms with Crippen molar-refractivity contribution in [1.29, 1.82) is 0 Å². The molecule has 0 aliphatic rings. The van der Waals surface area contributed by atoms with Crippen molar-refractivity contribution in [3.8, 4) is 0 Å². The van der Waals surface area contributed by atoms with Crippen LogP contribution in [0, 0.1) is 0 Å². The monoisotopic (exact) mass is 866 g/mol. The van der Waals surface area contributed by atoms with Crippen molar-refractivity contribution in [2.75, 3.05) is 19.8 Å². The number of nitrogens with one attached hydrogen (secondary N) is 1. The number of phosphoric acid groups is 1. The van der Waals surface area contributed by atoms with Gasteiger partial charge in [0.15, 0.2) is 6.04 Å². The Bertz CT molecular complexity index is 1250. The lowest BCUT2D eigenvalue weighted by Crippen LogP contribution is -2.43. The van der Waals surface area contributed by atoms with Crippen LogP contribution in [0.2, 0.25) is 0 Å². The van der Waals surface area contributed by atoms with Crippen LogP contribution in [0.15, 0.2) is 60.8 Å². The molecule has 0 aromatic rings. The normalized spacial score (nSPS) is 14.2.